The molecule has 0 unspecified atom stereocenters. The number of anilines is 1. The summed E-state index contributed by atoms with van der Waals surface area (Å²) in [6.45, 7) is 2.00. The number of carbonyl (C=O) groups is 1. The van der Waals surface area contributed by atoms with Crippen molar-refractivity contribution >= 4 is 34.2 Å². The number of amides is 1. The Kier molecular flexibility index (Phi) is 5.41. The Bertz CT molecular complexity index is 1080. The number of halogens is 2. The summed E-state index contributed by atoms with van der Waals surface area (Å²) in [6.07, 6.45) is 2.40. The van der Waals surface area contributed by atoms with E-state index in [4.69, 9.17) is 20.8 Å². The molecule has 1 N–H and O–H groups in total. The highest BCUT2D eigenvalue weighted by atomic mass is 35.5. The van der Waals surface area contributed by atoms with Crippen LogP contribution >= 0.6 is 11.6 Å². The van der Waals surface area contributed by atoms with Gasteiger partial charge in [-0.2, -0.15) is 0 Å². The van der Waals surface area contributed by atoms with Crippen molar-refractivity contribution < 1.29 is 18.3 Å². The molecule has 0 aliphatic rings. The first-order chi connectivity index (χ1) is 12.9. The topological polar surface area (TPSA) is 81.4 Å². The first-order valence-corrected chi connectivity index (χ1v) is 8.58. The Morgan fingerprint density at radius 3 is 2.85 bits per heavy atom. The van der Waals surface area contributed by atoms with E-state index in [9.17, 15) is 14.0 Å². The molecule has 1 aromatic carbocycles. The zero-order chi connectivity index (χ0) is 19.6. The number of rotatable bonds is 5. The van der Waals surface area contributed by atoms with Crippen LogP contribution in [0.1, 0.15) is 29.3 Å². The van der Waals surface area contributed by atoms with Crippen LogP contribution in [0.2, 0.25) is 5.15 Å². The van der Waals surface area contributed by atoms with E-state index in [1.165, 1.54) is 13.2 Å². The summed E-state index contributed by atoms with van der Waals surface area (Å²) in [6, 6.07) is 5.89. The maximum Gasteiger partial charge on any atom is 0.349 e. The number of benzene rings is 1. The lowest BCUT2D eigenvalue weighted by Crippen LogP contribution is -2.21. The minimum Gasteiger partial charge on any atom is -0.496 e. The van der Waals surface area contributed by atoms with Crippen LogP contribution in [-0.4, -0.2) is 18.0 Å². The van der Waals surface area contributed by atoms with Crippen molar-refractivity contribution in [3.63, 3.8) is 0 Å². The number of carbonyl (C=O) groups excluding carboxylic acids is 1. The highest BCUT2D eigenvalue weighted by Gasteiger charge is 2.18. The molecule has 0 bridgehead atoms. The average molecular weight is 391 g/mol. The zero-order valence-electron chi connectivity index (χ0n) is 14.6. The number of nitrogens with one attached hydrogen (secondary N) is 1. The summed E-state index contributed by atoms with van der Waals surface area (Å²) in [4.78, 5) is 28.5. The van der Waals surface area contributed by atoms with Gasteiger partial charge in [-0.25, -0.2) is 14.2 Å². The Morgan fingerprint density at radius 2 is 2.15 bits per heavy atom. The monoisotopic (exact) mass is 390 g/mol. The average Bonchev–Trinajstić information content (AvgIpc) is 2.65. The number of ether oxygens (including phenoxy) is 1. The summed E-state index contributed by atoms with van der Waals surface area (Å²) in [5.74, 6) is -0.827. The second kappa shape index (κ2) is 7.75. The van der Waals surface area contributed by atoms with E-state index in [2.05, 4.69) is 10.3 Å². The smallest absolute Gasteiger partial charge is 0.349 e. The molecule has 1 amide bonds. The molecule has 27 heavy (non-hydrogen) atoms. The van der Waals surface area contributed by atoms with Gasteiger partial charge in [0, 0.05) is 17.0 Å². The fourth-order valence-electron chi connectivity index (χ4n) is 2.76. The van der Waals surface area contributed by atoms with Gasteiger partial charge in [-0.3, -0.25) is 4.79 Å². The van der Waals surface area contributed by atoms with Gasteiger partial charge in [0.25, 0.3) is 5.91 Å². The van der Waals surface area contributed by atoms with Gasteiger partial charge in [0.1, 0.15) is 22.7 Å². The lowest BCUT2D eigenvalue weighted by Gasteiger charge is -2.11. The second-order valence-electron chi connectivity index (χ2n) is 5.81. The number of aryl methyl sites for hydroxylation is 1. The summed E-state index contributed by atoms with van der Waals surface area (Å²) >= 11 is 5.84. The van der Waals surface area contributed by atoms with Crippen LogP contribution in [0, 0.1) is 5.82 Å². The molecule has 0 spiro atoms. The summed E-state index contributed by atoms with van der Waals surface area (Å²) in [7, 11) is 1.54. The Balaban J connectivity index is 2.05. The molecule has 0 aliphatic heterocycles. The first kappa shape index (κ1) is 18.8. The van der Waals surface area contributed by atoms with Crippen LogP contribution in [0.15, 0.2) is 39.7 Å². The van der Waals surface area contributed by atoms with Crippen LogP contribution in [-0.2, 0) is 6.42 Å². The number of pyridine rings is 1. The predicted octanol–water partition coefficient (Wildman–Crippen LogP) is 4.19. The van der Waals surface area contributed by atoms with Crippen molar-refractivity contribution in [3.05, 3.63) is 63.0 Å². The van der Waals surface area contributed by atoms with Crippen molar-refractivity contribution in [2.45, 2.75) is 19.8 Å². The van der Waals surface area contributed by atoms with Crippen LogP contribution < -0.4 is 15.7 Å². The van der Waals surface area contributed by atoms with Crippen molar-refractivity contribution in [1.82, 2.24) is 4.98 Å². The molecule has 0 aliphatic carbocycles. The van der Waals surface area contributed by atoms with E-state index >= 15 is 0 Å². The van der Waals surface area contributed by atoms with Gasteiger partial charge in [0.2, 0.25) is 0 Å². The molecule has 0 fully saturated rings. The van der Waals surface area contributed by atoms with Gasteiger partial charge in [-0.15, -0.1) is 0 Å². The molecule has 6 nitrogen and oxygen atoms in total. The van der Waals surface area contributed by atoms with Crippen LogP contribution in [0.4, 0.5) is 10.1 Å². The quantitative estimate of drug-likeness (QED) is 0.521. The predicted molar refractivity (Wildman–Crippen MR) is 100 cm³/mol. The molecule has 0 saturated heterocycles. The first-order valence-electron chi connectivity index (χ1n) is 8.20. The molecule has 0 saturated carbocycles. The lowest BCUT2D eigenvalue weighted by atomic mass is 10.0. The Morgan fingerprint density at radius 1 is 1.37 bits per heavy atom. The van der Waals surface area contributed by atoms with E-state index in [-0.39, 0.29) is 16.4 Å². The zero-order valence-corrected chi connectivity index (χ0v) is 15.4. The number of methoxy groups -OCH3 is 1. The fourth-order valence-corrected chi connectivity index (χ4v) is 2.91. The molecular weight excluding hydrogens is 375 g/mol. The van der Waals surface area contributed by atoms with E-state index in [0.717, 1.165) is 24.2 Å². The SMILES string of the molecule is CCCc1c(OC)ccc2cc(C(=O)Nc3cc(F)cnc3Cl)c(=O)oc12. The molecule has 2 heterocycles. The van der Waals surface area contributed by atoms with Crippen molar-refractivity contribution in [2.24, 2.45) is 0 Å². The normalized spacial score (nSPS) is 10.8. The highest BCUT2D eigenvalue weighted by molar-refractivity contribution is 6.32. The van der Waals surface area contributed by atoms with Crippen molar-refractivity contribution in [3.8, 4) is 5.75 Å². The summed E-state index contributed by atoms with van der Waals surface area (Å²) < 4.78 is 24.1. The van der Waals surface area contributed by atoms with Gasteiger partial charge in [0.05, 0.1) is 19.0 Å². The number of hydrogen-bond acceptors (Lipinski definition) is 5. The minimum atomic E-state index is -0.814. The molecule has 8 heteroatoms. The number of fused-ring (bicyclic) bond motifs is 1. The Hall–Kier alpha value is -2.93. The highest BCUT2D eigenvalue weighted by Crippen LogP contribution is 2.29. The number of hydrogen-bond donors (Lipinski definition) is 1. The van der Waals surface area contributed by atoms with Gasteiger partial charge in [-0.1, -0.05) is 24.9 Å². The van der Waals surface area contributed by atoms with E-state index in [0.29, 0.717) is 23.1 Å². The number of nitrogens with zero attached hydrogens (tertiary/aromatic N) is 1. The minimum absolute atomic E-state index is 0.0393. The molecule has 3 aromatic rings. The van der Waals surface area contributed by atoms with Crippen LogP contribution in [0.5, 0.6) is 5.75 Å². The molecule has 0 radical (unpaired) electrons. The van der Waals surface area contributed by atoms with E-state index in [1.807, 2.05) is 6.92 Å². The molecule has 0 atom stereocenters. The third kappa shape index (κ3) is 3.78. The van der Waals surface area contributed by atoms with Gasteiger partial charge in [-0.05, 0) is 24.6 Å². The van der Waals surface area contributed by atoms with Crippen molar-refractivity contribution in [1.29, 1.82) is 0 Å². The van der Waals surface area contributed by atoms with Crippen LogP contribution in [0.3, 0.4) is 0 Å². The maximum atomic E-state index is 13.3. The second-order valence-corrected chi connectivity index (χ2v) is 6.17. The van der Waals surface area contributed by atoms with Crippen molar-refractivity contribution in [2.75, 3.05) is 12.4 Å². The Labute approximate surface area is 158 Å². The van der Waals surface area contributed by atoms with Gasteiger partial charge < -0.3 is 14.5 Å². The van der Waals surface area contributed by atoms with Gasteiger partial charge in [0.15, 0.2) is 5.15 Å². The molecule has 2 aromatic heterocycles. The van der Waals surface area contributed by atoms with E-state index in [1.54, 1.807) is 12.1 Å². The maximum absolute atomic E-state index is 13.3. The van der Waals surface area contributed by atoms with E-state index < -0.39 is 17.3 Å². The van der Waals surface area contributed by atoms with Gasteiger partial charge >= 0.3 is 5.63 Å². The summed E-state index contributed by atoms with van der Waals surface area (Å²) in [5, 5.41) is 2.86. The third-order valence-electron chi connectivity index (χ3n) is 3.98. The molecular formula is C19H16ClFN2O4. The fraction of sp³-hybridized carbons (Fsp3) is 0.211. The van der Waals surface area contributed by atoms with Crippen LogP contribution in [0.25, 0.3) is 11.0 Å². The summed E-state index contributed by atoms with van der Waals surface area (Å²) in [5.41, 5.74) is 0.0613. The molecule has 140 valence electrons. The molecule has 3 rings (SSSR count). The number of aromatic nitrogens is 1. The standard InChI is InChI=1S/C19H16ClFN2O4/c1-3-4-12-15(26-2)6-5-10-7-13(19(25)27-16(10)12)18(24)23-14-8-11(21)9-22-17(14)20/h5-9H,3-4H2,1-2H3,(H,23,24). The largest absolute Gasteiger partial charge is 0.496 e. The lowest BCUT2D eigenvalue weighted by molar-refractivity contribution is 0.102. The third-order valence-corrected chi connectivity index (χ3v) is 4.28.